The number of hydrogen-bond donors (Lipinski definition) is 1. The summed E-state index contributed by atoms with van der Waals surface area (Å²) < 4.78 is 39.2. The number of ether oxygens (including phenoxy) is 2. The molecule has 3 rings (SSSR count). The molecule has 1 heterocycles. The minimum Gasteiger partial charge on any atom is -0.493 e. The third kappa shape index (κ3) is 5.62. The van der Waals surface area contributed by atoms with Crippen molar-refractivity contribution in [3.8, 4) is 11.5 Å². The van der Waals surface area contributed by atoms with Gasteiger partial charge in [-0.25, -0.2) is 12.9 Å². The van der Waals surface area contributed by atoms with E-state index in [1.165, 1.54) is 6.07 Å². The number of methoxy groups -OCH3 is 2. The lowest BCUT2D eigenvalue weighted by Gasteiger charge is -2.30. The van der Waals surface area contributed by atoms with Gasteiger partial charge in [-0.1, -0.05) is 18.2 Å². The van der Waals surface area contributed by atoms with Crippen molar-refractivity contribution in [1.29, 1.82) is 0 Å². The zero-order chi connectivity index (χ0) is 22.4. The van der Waals surface area contributed by atoms with Crippen molar-refractivity contribution < 1.29 is 22.9 Å². The number of rotatable bonds is 8. The maximum Gasteiger partial charge on any atom is 0.224 e. The van der Waals surface area contributed by atoms with Crippen molar-refractivity contribution in [2.45, 2.75) is 31.1 Å². The lowest BCUT2D eigenvalue weighted by Crippen LogP contribution is -2.44. The second-order valence-corrected chi connectivity index (χ2v) is 9.07. The summed E-state index contributed by atoms with van der Waals surface area (Å²) in [5.41, 5.74) is 1.47. The number of hydrogen-bond acceptors (Lipinski definition) is 4. The normalized spacial score (nSPS) is 17.7. The van der Waals surface area contributed by atoms with Crippen molar-refractivity contribution in [2.24, 2.45) is 5.92 Å². The maximum absolute atomic E-state index is 13.9. The minimum atomic E-state index is -1.49. The summed E-state index contributed by atoms with van der Waals surface area (Å²) in [7, 11) is 1.70. The number of benzene rings is 2. The van der Waals surface area contributed by atoms with E-state index in [1.54, 1.807) is 37.6 Å². The molecule has 0 spiro atoms. The van der Waals surface area contributed by atoms with E-state index in [-0.39, 0.29) is 17.6 Å². The molecule has 1 saturated heterocycles. The third-order valence-electron chi connectivity index (χ3n) is 5.51. The van der Waals surface area contributed by atoms with Crippen LogP contribution in [0.15, 0.2) is 41.3 Å². The zero-order valence-electron chi connectivity index (χ0n) is 18.2. The van der Waals surface area contributed by atoms with Crippen LogP contribution in [-0.4, -0.2) is 48.3 Å². The van der Waals surface area contributed by atoms with Crippen molar-refractivity contribution in [3.05, 3.63) is 53.3 Å². The van der Waals surface area contributed by atoms with Crippen molar-refractivity contribution in [1.82, 2.24) is 9.62 Å². The first-order valence-corrected chi connectivity index (χ1v) is 11.5. The fourth-order valence-electron chi connectivity index (χ4n) is 3.75. The monoisotopic (exact) mass is 448 g/mol. The average Bonchev–Trinajstić information content (AvgIpc) is 2.80. The summed E-state index contributed by atoms with van der Waals surface area (Å²) in [5.74, 6) is 0.650. The van der Waals surface area contributed by atoms with Gasteiger partial charge in [-0.05, 0) is 55.5 Å². The van der Waals surface area contributed by atoms with Gasteiger partial charge in [-0.15, -0.1) is 0 Å². The molecular weight excluding hydrogens is 419 g/mol. The van der Waals surface area contributed by atoms with Crippen LogP contribution in [0.1, 0.15) is 24.0 Å². The van der Waals surface area contributed by atoms with E-state index < -0.39 is 11.0 Å². The van der Waals surface area contributed by atoms with Gasteiger partial charge in [-0.3, -0.25) is 4.79 Å². The molecular formula is C23H29FN2O4S. The number of amides is 1. The lowest BCUT2D eigenvalue weighted by molar-refractivity contribution is -0.126. The number of carbonyl (C=O) groups excluding carboxylic acids is 1. The highest BCUT2D eigenvalue weighted by atomic mass is 32.2. The molecule has 1 fully saturated rings. The fraction of sp³-hybridized carbons (Fsp3) is 0.435. The Balaban J connectivity index is 1.56. The van der Waals surface area contributed by atoms with Gasteiger partial charge in [0.05, 0.1) is 25.0 Å². The lowest BCUT2D eigenvalue weighted by atomic mass is 9.98. The average molecular weight is 449 g/mol. The molecule has 2 unspecified atom stereocenters. The Bertz CT molecular complexity index is 953. The van der Waals surface area contributed by atoms with Gasteiger partial charge in [0.25, 0.3) is 0 Å². The molecule has 2 atom stereocenters. The van der Waals surface area contributed by atoms with Crippen LogP contribution in [0.25, 0.3) is 0 Å². The van der Waals surface area contributed by atoms with Gasteiger partial charge in [-0.2, -0.15) is 0 Å². The Labute approximate surface area is 185 Å². The van der Waals surface area contributed by atoms with Gasteiger partial charge in [0.15, 0.2) is 11.5 Å². The highest BCUT2D eigenvalue weighted by Crippen LogP contribution is 2.30. The van der Waals surface area contributed by atoms with Crippen LogP contribution in [0.3, 0.4) is 0 Å². The van der Waals surface area contributed by atoms with Crippen LogP contribution in [0.4, 0.5) is 4.39 Å². The van der Waals surface area contributed by atoms with E-state index >= 15 is 0 Å². The summed E-state index contributed by atoms with van der Waals surface area (Å²) in [4.78, 5) is 13.1. The highest BCUT2D eigenvalue weighted by molar-refractivity contribution is 7.82. The van der Waals surface area contributed by atoms with Crippen molar-refractivity contribution in [3.63, 3.8) is 0 Å². The molecule has 31 heavy (non-hydrogen) atoms. The van der Waals surface area contributed by atoms with E-state index in [2.05, 4.69) is 5.32 Å². The Kier molecular flexibility index (Phi) is 8.03. The maximum atomic E-state index is 13.9. The number of halogens is 1. The van der Waals surface area contributed by atoms with Gasteiger partial charge < -0.3 is 14.8 Å². The summed E-state index contributed by atoms with van der Waals surface area (Å²) in [6.45, 7) is 3.14. The van der Waals surface area contributed by atoms with Crippen LogP contribution >= 0.6 is 0 Å². The first kappa shape index (κ1) is 23.2. The molecule has 6 nitrogen and oxygen atoms in total. The summed E-state index contributed by atoms with van der Waals surface area (Å²) in [6, 6.07) is 10.3. The van der Waals surface area contributed by atoms with Crippen LogP contribution in [-0.2, 0) is 22.2 Å². The second-order valence-electron chi connectivity index (χ2n) is 7.58. The number of nitrogens with zero attached hydrogens (tertiary/aromatic N) is 1. The smallest absolute Gasteiger partial charge is 0.224 e. The Morgan fingerprint density at radius 3 is 2.77 bits per heavy atom. The molecule has 0 bridgehead atoms. The molecule has 0 radical (unpaired) electrons. The standard InChI is InChI=1S/C23H29FN2O4S/c1-16-9-10-19(14-20(16)24)31(28)26-13-5-7-18(15-26)23(27)25-12-11-17-6-4-8-21(29-2)22(17)30-3/h4,6,8-10,14,18H,5,7,11-13,15H2,1-3H3,(H,25,27). The largest absolute Gasteiger partial charge is 0.493 e. The number of carbonyl (C=O) groups is 1. The molecule has 1 N–H and O–H groups in total. The van der Waals surface area contributed by atoms with Crippen molar-refractivity contribution in [2.75, 3.05) is 33.9 Å². The van der Waals surface area contributed by atoms with E-state index in [0.29, 0.717) is 48.0 Å². The molecule has 2 aromatic rings. The zero-order valence-corrected chi connectivity index (χ0v) is 19.0. The number of piperidine rings is 1. The van der Waals surface area contributed by atoms with Gasteiger partial charge in [0.1, 0.15) is 16.8 Å². The molecule has 0 aliphatic carbocycles. The molecule has 2 aromatic carbocycles. The predicted molar refractivity (Wildman–Crippen MR) is 118 cm³/mol. The van der Waals surface area contributed by atoms with E-state index in [9.17, 15) is 13.4 Å². The van der Waals surface area contributed by atoms with Crippen LogP contribution in [0.2, 0.25) is 0 Å². The quantitative estimate of drug-likeness (QED) is 0.673. The molecule has 1 amide bonds. The summed E-state index contributed by atoms with van der Waals surface area (Å²) in [6.07, 6.45) is 2.11. The topological polar surface area (TPSA) is 67.9 Å². The Morgan fingerprint density at radius 2 is 2.06 bits per heavy atom. The molecule has 1 aliphatic rings. The first-order chi connectivity index (χ1) is 14.9. The van der Waals surface area contributed by atoms with Gasteiger partial charge in [0, 0.05) is 19.6 Å². The first-order valence-electron chi connectivity index (χ1n) is 10.3. The SMILES string of the molecule is COc1cccc(CCNC(=O)C2CCCN(S(=O)c3ccc(C)c(F)c3)C2)c1OC. The molecule has 168 valence electrons. The third-order valence-corrected chi connectivity index (χ3v) is 6.97. The minimum absolute atomic E-state index is 0.0568. The Hall–Kier alpha value is -2.45. The highest BCUT2D eigenvalue weighted by Gasteiger charge is 2.29. The molecule has 0 aromatic heterocycles. The number of para-hydroxylation sites is 1. The van der Waals surface area contributed by atoms with Gasteiger partial charge in [0.2, 0.25) is 5.91 Å². The Morgan fingerprint density at radius 1 is 1.26 bits per heavy atom. The van der Waals surface area contributed by atoms with Gasteiger partial charge >= 0.3 is 0 Å². The van der Waals surface area contributed by atoms with Crippen LogP contribution in [0.5, 0.6) is 11.5 Å². The number of aryl methyl sites for hydroxylation is 1. The summed E-state index contributed by atoms with van der Waals surface area (Å²) >= 11 is 0. The van der Waals surface area contributed by atoms with Crippen molar-refractivity contribution >= 4 is 16.9 Å². The van der Waals surface area contributed by atoms with E-state index in [4.69, 9.17) is 9.47 Å². The molecule has 0 saturated carbocycles. The molecule has 8 heteroatoms. The van der Waals surface area contributed by atoms with E-state index in [0.717, 1.165) is 18.4 Å². The van der Waals surface area contributed by atoms with Crippen LogP contribution < -0.4 is 14.8 Å². The van der Waals surface area contributed by atoms with Crippen LogP contribution in [0, 0.1) is 18.7 Å². The summed E-state index contributed by atoms with van der Waals surface area (Å²) in [5, 5.41) is 2.98. The second kappa shape index (κ2) is 10.7. The predicted octanol–water partition coefficient (Wildman–Crippen LogP) is 3.24. The fourth-order valence-corrected chi connectivity index (χ4v) is 5.05. The number of nitrogens with one attached hydrogen (secondary N) is 1. The molecule has 1 aliphatic heterocycles. The van der Waals surface area contributed by atoms with E-state index in [1.807, 2.05) is 18.2 Å².